The first-order valence-corrected chi connectivity index (χ1v) is 14.7. The summed E-state index contributed by atoms with van der Waals surface area (Å²) < 4.78 is 27.8. The first kappa shape index (κ1) is 31.6. The van der Waals surface area contributed by atoms with Crippen LogP contribution in [0.3, 0.4) is 0 Å². The van der Waals surface area contributed by atoms with Crippen molar-refractivity contribution in [2.24, 2.45) is 0 Å². The molecule has 9 nitrogen and oxygen atoms in total. The summed E-state index contributed by atoms with van der Waals surface area (Å²) in [6, 6.07) is 7.91. The molecule has 1 aromatic rings. The van der Waals surface area contributed by atoms with Crippen LogP contribution in [-0.4, -0.2) is 66.1 Å². The van der Waals surface area contributed by atoms with Crippen LogP contribution >= 0.6 is 0 Å². The number of carbonyl (C=O) groups excluding carboxylic acids is 1. The van der Waals surface area contributed by atoms with Gasteiger partial charge in [0.1, 0.15) is 5.75 Å². The fourth-order valence-corrected chi connectivity index (χ4v) is 6.24. The predicted octanol–water partition coefficient (Wildman–Crippen LogP) is 5.28. The zero-order valence-electron chi connectivity index (χ0n) is 22.2. The lowest BCUT2D eigenvalue weighted by Gasteiger charge is -2.28. The van der Waals surface area contributed by atoms with E-state index in [0.29, 0.717) is 57.4 Å². The minimum Gasteiger partial charge on any atom is -0.497 e. The standard InChI is InChI=1S/C26H43NO8Si/c1-5-33-36(34-6-2,35-7-3)20-12-18-27-26(30)32-19-11-9-8-10-13-23(25(28)29)21-22-14-16-24(31-4)17-15-22/h14-17,21H,5-13,18-20H2,1-4H3,(H,27,30)(H,28,29)/b23-21+. The van der Waals surface area contributed by atoms with Crippen LogP contribution in [0.2, 0.25) is 6.04 Å². The molecule has 0 radical (unpaired) electrons. The fourth-order valence-electron chi connectivity index (χ4n) is 3.63. The van der Waals surface area contributed by atoms with Crippen molar-refractivity contribution in [3.8, 4) is 5.75 Å². The number of carboxylic acid groups (broad SMARTS) is 1. The van der Waals surface area contributed by atoms with E-state index in [1.54, 1.807) is 25.3 Å². The summed E-state index contributed by atoms with van der Waals surface area (Å²) in [5.74, 6) is -0.178. The monoisotopic (exact) mass is 525 g/mol. The number of unbranched alkanes of at least 4 members (excludes halogenated alkanes) is 3. The highest BCUT2D eigenvalue weighted by Gasteiger charge is 2.39. The minimum atomic E-state index is -2.69. The number of hydrogen-bond donors (Lipinski definition) is 2. The maximum atomic E-state index is 11.9. The molecule has 2 N–H and O–H groups in total. The number of alkyl carbamates (subject to hydrolysis) is 1. The van der Waals surface area contributed by atoms with Crippen LogP contribution < -0.4 is 10.1 Å². The lowest BCUT2D eigenvalue weighted by Crippen LogP contribution is -2.46. The molecule has 0 heterocycles. The molecule has 0 fully saturated rings. The molecule has 10 heteroatoms. The van der Waals surface area contributed by atoms with Gasteiger partial charge >= 0.3 is 20.9 Å². The van der Waals surface area contributed by atoms with Crippen LogP contribution in [0.1, 0.15) is 64.9 Å². The van der Waals surface area contributed by atoms with Crippen molar-refractivity contribution in [2.45, 2.75) is 65.3 Å². The quantitative estimate of drug-likeness (QED) is 0.134. The number of amides is 1. The van der Waals surface area contributed by atoms with E-state index in [1.807, 2.05) is 32.9 Å². The lowest BCUT2D eigenvalue weighted by molar-refractivity contribution is -0.132. The van der Waals surface area contributed by atoms with E-state index in [1.165, 1.54) is 0 Å². The first-order chi connectivity index (χ1) is 17.4. The number of rotatable bonds is 20. The molecule has 1 amide bonds. The van der Waals surface area contributed by atoms with E-state index in [-0.39, 0.29) is 0 Å². The Hall–Kier alpha value is -2.40. The van der Waals surface area contributed by atoms with Crippen LogP contribution in [0.15, 0.2) is 29.8 Å². The van der Waals surface area contributed by atoms with E-state index in [0.717, 1.165) is 37.0 Å². The van der Waals surface area contributed by atoms with Gasteiger partial charge in [0.15, 0.2) is 0 Å². The summed E-state index contributed by atoms with van der Waals surface area (Å²) in [6.45, 7) is 8.11. The van der Waals surface area contributed by atoms with Crippen molar-refractivity contribution in [2.75, 3.05) is 40.1 Å². The maximum Gasteiger partial charge on any atom is 0.500 e. The first-order valence-electron chi connectivity index (χ1n) is 12.8. The van der Waals surface area contributed by atoms with Crippen molar-refractivity contribution in [1.29, 1.82) is 0 Å². The second-order valence-electron chi connectivity index (χ2n) is 8.06. The van der Waals surface area contributed by atoms with E-state index in [9.17, 15) is 14.7 Å². The Kier molecular flexibility index (Phi) is 16.5. The molecule has 0 aromatic heterocycles. The molecule has 204 valence electrons. The molecule has 0 atom stereocenters. The summed E-state index contributed by atoms with van der Waals surface area (Å²) in [7, 11) is -1.10. The maximum absolute atomic E-state index is 11.9. The van der Waals surface area contributed by atoms with Gasteiger partial charge in [-0.3, -0.25) is 0 Å². The van der Waals surface area contributed by atoms with Gasteiger partial charge in [-0.2, -0.15) is 0 Å². The molecule has 1 aromatic carbocycles. The molecule has 1 rings (SSSR count). The molecule has 0 bridgehead atoms. The van der Waals surface area contributed by atoms with Crippen molar-refractivity contribution in [3.63, 3.8) is 0 Å². The SMILES string of the molecule is CCO[Si](CCCNC(=O)OCCCCCC/C(=C\c1ccc(OC)cc1)C(=O)O)(OCC)OCC. The Morgan fingerprint density at radius 2 is 1.53 bits per heavy atom. The lowest BCUT2D eigenvalue weighted by atomic mass is 10.0. The Morgan fingerprint density at radius 1 is 0.917 bits per heavy atom. The number of ether oxygens (including phenoxy) is 2. The summed E-state index contributed by atoms with van der Waals surface area (Å²) in [5.41, 5.74) is 1.20. The Bertz CT molecular complexity index is 768. The zero-order chi connectivity index (χ0) is 26.7. The molecule has 0 aliphatic rings. The average molecular weight is 526 g/mol. The summed E-state index contributed by atoms with van der Waals surface area (Å²) in [6.07, 6.45) is 5.61. The van der Waals surface area contributed by atoms with Crippen molar-refractivity contribution in [3.05, 3.63) is 35.4 Å². The molecule has 0 spiro atoms. The van der Waals surface area contributed by atoms with Crippen LogP contribution in [0.4, 0.5) is 4.79 Å². The Morgan fingerprint density at radius 3 is 2.08 bits per heavy atom. The number of methoxy groups -OCH3 is 1. The van der Waals surface area contributed by atoms with Crippen molar-refractivity contribution in [1.82, 2.24) is 5.32 Å². The normalized spacial score (nSPS) is 11.8. The van der Waals surface area contributed by atoms with E-state index >= 15 is 0 Å². The zero-order valence-corrected chi connectivity index (χ0v) is 23.2. The van der Waals surface area contributed by atoms with Crippen LogP contribution in [0.25, 0.3) is 6.08 Å². The van der Waals surface area contributed by atoms with Gasteiger partial charge in [0.25, 0.3) is 0 Å². The molecular weight excluding hydrogens is 482 g/mol. The Labute approximate surface area is 216 Å². The van der Waals surface area contributed by atoms with Crippen LogP contribution in [0.5, 0.6) is 5.75 Å². The van der Waals surface area contributed by atoms with E-state index < -0.39 is 20.9 Å². The van der Waals surface area contributed by atoms with Gasteiger partial charge in [0, 0.05) is 38.0 Å². The largest absolute Gasteiger partial charge is 0.500 e. The van der Waals surface area contributed by atoms with Gasteiger partial charge < -0.3 is 33.2 Å². The molecule has 0 saturated carbocycles. The van der Waals surface area contributed by atoms with Gasteiger partial charge in [-0.05, 0) is 70.2 Å². The van der Waals surface area contributed by atoms with Gasteiger partial charge in [-0.1, -0.05) is 25.0 Å². The molecule has 0 unspecified atom stereocenters. The molecule has 36 heavy (non-hydrogen) atoms. The van der Waals surface area contributed by atoms with Crippen molar-refractivity contribution < 1.29 is 37.4 Å². The smallest absolute Gasteiger partial charge is 0.497 e. The topological polar surface area (TPSA) is 113 Å². The second-order valence-corrected chi connectivity index (χ2v) is 10.8. The summed E-state index contributed by atoms with van der Waals surface area (Å²) >= 11 is 0. The molecule has 0 aliphatic carbocycles. The van der Waals surface area contributed by atoms with Gasteiger partial charge in [-0.15, -0.1) is 0 Å². The highest BCUT2D eigenvalue weighted by atomic mass is 28.4. The van der Waals surface area contributed by atoms with Gasteiger partial charge in [0.2, 0.25) is 0 Å². The van der Waals surface area contributed by atoms with Crippen LogP contribution in [0, 0.1) is 0 Å². The number of carbonyl (C=O) groups is 2. The summed E-state index contributed by atoms with van der Waals surface area (Å²) in [4.78, 5) is 23.5. The van der Waals surface area contributed by atoms with Crippen molar-refractivity contribution >= 4 is 26.9 Å². The van der Waals surface area contributed by atoms with E-state index in [4.69, 9.17) is 22.8 Å². The number of hydrogen-bond acceptors (Lipinski definition) is 7. The highest BCUT2D eigenvalue weighted by Crippen LogP contribution is 2.19. The number of carboxylic acids is 1. The van der Waals surface area contributed by atoms with E-state index in [2.05, 4.69) is 5.32 Å². The molecular formula is C26H43NO8Si. The number of benzene rings is 1. The third kappa shape index (κ3) is 13.1. The third-order valence-electron chi connectivity index (χ3n) is 5.33. The molecule has 0 aliphatic heterocycles. The van der Waals surface area contributed by atoms with Gasteiger partial charge in [-0.25, -0.2) is 9.59 Å². The summed E-state index contributed by atoms with van der Waals surface area (Å²) in [5, 5.41) is 12.2. The second kappa shape index (κ2) is 18.8. The number of aliphatic carboxylic acids is 1. The fraction of sp³-hybridized carbons (Fsp3) is 0.615. The number of nitrogens with one attached hydrogen (secondary N) is 1. The third-order valence-corrected chi connectivity index (χ3v) is 8.48. The average Bonchev–Trinajstić information content (AvgIpc) is 2.86. The minimum absolute atomic E-state index is 0.328. The highest BCUT2D eigenvalue weighted by molar-refractivity contribution is 6.60. The molecule has 0 saturated heterocycles. The van der Waals surface area contributed by atoms with Crippen LogP contribution in [-0.2, 0) is 22.8 Å². The Balaban J connectivity index is 2.22. The predicted molar refractivity (Wildman–Crippen MR) is 141 cm³/mol. The van der Waals surface area contributed by atoms with Gasteiger partial charge in [0.05, 0.1) is 13.7 Å².